The van der Waals surface area contributed by atoms with E-state index in [2.05, 4.69) is 14.9 Å². The highest BCUT2D eigenvalue weighted by Crippen LogP contribution is 2.36. The Labute approximate surface area is 113 Å². The molecule has 0 atom stereocenters. The van der Waals surface area contributed by atoms with Crippen LogP contribution in [0.1, 0.15) is 38.5 Å². The van der Waals surface area contributed by atoms with Gasteiger partial charge < -0.3 is 10.6 Å². The third-order valence-electron chi connectivity index (χ3n) is 3.96. The second-order valence-electron chi connectivity index (χ2n) is 5.45. The zero-order chi connectivity index (χ0) is 12.5. The first-order valence-electron chi connectivity index (χ1n) is 6.78. The first-order valence-corrected chi connectivity index (χ1v) is 7.16. The van der Waals surface area contributed by atoms with Gasteiger partial charge in [-0.05, 0) is 43.2 Å². The predicted molar refractivity (Wildman–Crippen MR) is 73.8 cm³/mol. The first-order chi connectivity index (χ1) is 8.74. The summed E-state index contributed by atoms with van der Waals surface area (Å²) in [5, 5.41) is 0.290. The zero-order valence-corrected chi connectivity index (χ0v) is 11.2. The lowest BCUT2D eigenvalue weighted by Crippen LogP contribution is -2.36. The van der Waals surface area contributed by atoms with Crippen molar-refractivity contribution in [2.45, 2.75) is 44.6 Å². The Bertz CT molecular complexity index is 427. The number of hydrogen-bond donors (Lipinski definition) is 1. The molecule has 2 N–H and O–H groups in total. The van der Waals surface area contributed by atoms with Crippen molar-refractivity contribution in [1.29, 1.82) is 0 Å². The lowest BCUT2D eigenvalue weighted by atomic mass is 10.2. The molecule has 3 rings (SSSR count). The molecule has 2 fully saturated rings. The van der Waals surface area contributed by atoms with E-state index in [-0.39, 0.29) is 5.28 Å². The summed E-state index contributed by atoms with van der Waals surface area (Å²) >= 11 is 5.92. The normalized spacial score (nSPS) is 20.3. The highest BCUT2D eigenvalue weighted by molar-refractivity contribution is 6.28. The summed E-state index contributed by atoms with van der Waals surface area (Å²) in [6.45, 7) is 1.07. The van der Waals surface area contributed by atoms with Gasteiger partial charge in [0.05, 0.1) is 11.9 Å². The number of nitrogens with zero attached hydrogens (tertiary/aromatic N) is 3. The average molecular weight is 267 g/mol. The van der Waals surface area contributed by atoms with Crippen LogP contribution in [-0.2, 0) is 0 Å². The van der Waals surface area contributed by atoms with Crippen molar-refractivity contribution in [3.63, 3.8) is 0 Å². The van der Waals surface area contributed by atoms with Gasteiger partial charge in [-0.15, -0.1) is 0 Å². The van der Waals surface area contributed by atoms with Crippen LogP contribution in [0.5, 0.6) is 0 Å². The van der Waals surface area contributed by atoms with Gasteiger partial charge in [-0.3, -0.25) is 0 Å². The summed E-state index contributed by atoms with van der Waals surface area (Å²) in [5.74, 6) is 1.66. The van der Waals surface area contributed by atoms with Crippen LogP contribution in [-0.4, -0.2) is 22.6 Å². The Morgan fingerprint density at radius 3 is 2.67 bits per heavy atom. The van der Waals surface area contributed by atoms with Gasteiger partial charge in [0, 0.05) is 12.6 Å². The second-order valence-corrected chi connectivity index (χ2v) is 5.79. The van der Waals surface area contributed by atoms with Crippen molar-refractivity contribution >= 4 is 23.1 Å². The van der Waals surface area contributed by atoms with Crippen LogP contribution in [0.25, 0.3) is 0 Å². The quantitative estimate of drug-likeness (QED) is 0.852. The Kier molecular flexibility index (Phi) is 3.29. The minimum Gasteiger partial charge on any atom is -0.394 e. The number of halogens is 1. The smallest absolute Gasteiger partial charge is 0.224 e. The molecule has 98 valence electrons. The van der Waals surface area contributed by atoms with Gasteiger partial charge in [-0.2, -0.15) is 4.98 Å². The van der Waals surface area contributed by atoms with Crippen LogP contribution < -0.4 is 10.6 Å². The number of hydrogen-bond acceptors (Lipinski definition) is 4. The van der Waals surface area contributed by atoms with Gasteiger partial charge in [0.1, 0.15) is 0 Å². The number of rotatable bonds is 4. The van der Waals surface area contributed by atoms with Gasteiger partial charge in [-0.1, -0.05) is 12.8 Å². The number of nitrogen functional groups attached to an aromatic ring is 1. The molecule has 0 bridgehead atoms. The minimum atomic E-state index is 0.290. The van der Waals surface area contributed by atoms with Crippen molar-refractivity contribution in [3.8, 4) is 0 Å². The van der Waals surface area contributed by atoms with E-state index in [4.69, 9.17) is 17.3 Å². The SMILES string of the molecule is Nc1cnc(Cl)nc1N(CC1CC1)C1CCCC1. The number of anilines is 2. The fourth-order valence-electron chi connectivity index (χ4n) is 2.79. The fraction of sp³-hybridized carbons (Fsp3) is 0.692. The molecule has 0 unspecified atom stereocenters. The summed E-state index contributed by atoms with van der Waals surface area (Å²) in [6, 6.07) is 0.582. The zero-order valence-electron chi connectivity index (χ0n) is 10.5. The van der Waals surface area contributed by atoms with Crippen LogP contribution in [0.4, 0.5) is 11.5 Å². The molecule has 18 heavy (non-hydrogen) atoms. The lowest BCUT2D eigenvalue weighted by Gasteiger charge is -2.31. The van der Waals surface area contributed by atoms with Gasteiger partial charge in [-0.25, -0.2) is 4.98 Å². The summed E-state index contributed by atoms with van der Waals surface area (Å²) < 4.78 is 0. The van der Waals surface area contributed by atoms with E-state index >= 15 is 0 Å². The van der Waals surface area contributed by atoms with E-state index in [0.29, 0.717) is 11.7 Å². The number of aromatic nitrogens is 2. The van der Waals surface area contributed by atoms with E-state index in [1.807, 2.05) is 0 Å². The van der Waals surface area contributed by atoms with Crippen molar-refractivity contribution in [2.24, 2.45) is 5.92 Å². The minimum absolute atomic E-state index is 0.290. The molecule has 0 spiro atoms. The maximum absolute atomic E-state index is 6.03. The van der Waals surface area contributed by atoms with E-state index in [9.17, 15) is 0 Å². The third kappa shape index (κ3) is 2.53. The van der Waals surface area contributed by atoms with Crippen LogP contribution in [0.3, 0.4) is 0 Å². The molecule has 5 heteroatoms. The van der Waals surface area contributed by atoms with Gasteiger partial charge >= 0.3 is 0 Å². The largest absolute Gasteiger partial charge is 0.394 e. The molecular formula is C13H19ClN4. The molecule has 0 radical (unpaired) electrons. The van der Waals surface area contributed by atoms with Crippen LogP contribution >= 0.6 is 11.6 Å². The molecule has 2 aliphatic carbocycles. The summed E-state index contributed by atoms with van der Waals surface area (Å²) in [5.41, 5.74) is 6.67. The predicted octanol–water partition coefficient (Wildman–Crippen LogP) is 2.87. The fourth-order valence-corrected chi connectivity index (χ4v) is 2.92. The van der Waals surface area contributed by atoms with Gasteiger partial charge in [0.25, 0.3) is 0 Å². The van der Waals surface area contributed by atoms with Gasteiger partial charge in [0.2, 0.25) is 5.28 Å². The monoisotopic (exact) mass is 266 g/mol. The molecule has 4 nitrogen and oxygen atoms in total. The highest BCUT2D eigenvalue weighted by Gasteiger charge is 2.31. The molecule has 0 saturated heterocycles. The molecule has 1 aromatic rings. The van der Waals surface area contributed by atoms with Crippen LogP contribution in [0, 0.1) is 5.92 Å². The Morgan fingerprint density at radius 2 is 2.00 bits per heavy atom. The topological polar surface area (TPSA) is 55.0 Å². The second kappa shape index (κ2) is 4.92. The summed E-state index contributed by atoms with van der Waals surface area (Å²) in [7, 11) is 0. The molecule has 0 aliphatic heterocycles. The molecule has 2 saturated carbocycles. The Hall–Kier alpha value is -1.03. The summed E-state index contributed by atoms with van der Waals surface area (Å²) in [4.78, 5) is 10.7. The molecule has 1 heterocycles. The maximum Gasteiger partial charge on any atom is 0.224 e. The number of nitrogens with two attached hydrogens (primary N) is 1. The van der Waals surface area contributed by atoms with Crippen molar-refractivity contribution < 1.29 is 0 Å². The highest BCUT2D eigenvalue weighted by atomic mass is 35.5. The maximum atomic E-state index is 6.03. The van der Waals surface area contributed by atoms with Crippen molar-refractivity contribution in [1.82, 2.24) is 9.97 Å². The Morgan fingerprint density at radius 1 is 1.28 bits per heavy atom. The molecule has 0 amide bonds. The molecule has 0 aromatic carbocycles. The van der Waals surface area contributed by atoms with Crippen LogP contribution in [0.2, 0.25) is 5.28 Å². The Balaban J connectivity index is 1.87. The van der Waals surface area contributed by atoms with Gasteiger partial charge in [0.15, 0.2) is 5.82 Å². The van der Waals surface area contributed by atoms with E-state index < -0.39 is 0 Å². The average Bonchev–Trinajstić information content (AvgIpc) is 3.01. The van der Waals surface area contributed by atoms with Crippen molar-refractivity contribution in [2.75, 3.05) is 17.2 Å². The van der Waals surface area contributed by atoms with E-state index in [1.54, 1.807) is 6.20 Å². The molecule has 2 aliphatic rings. The van der Waals surface area contributed by atoms with Crippen molar-refractivity contribution in [3.05, 3.63) is 11.5 Å². The van der Waals surface area contributed by atoms with Crippen LogP contribution in [0.15, 0.2) is 6.20 Å². The van der Waals surface area contributed by atoms with E-state index in [0.717, 1.165) is 18.3 Å². The molecular weight excluding hydrogens is 248 g/mol. The third-order valence-corrected chi connectivity index (χ3v) is 4.14. The summed E-state index contributed by atoms with van der Waals surface area (Å²) in [6.07, 6.45) is 9.40. The standard InChI is InChI=1S/C13H19ClN4/c14-13-16-7-11(15)12(17-13)18(8-9-5-6-9)10-3-1-2-4-10/h7,9-10H,1-6,8,15H2. The van der Waals surface area contributed by atoms with E-state index in [1.165, 1.54) is 38.5 Å². The molecule has 1 aromatic heterocycles. The first kappa shape index (κ1) is 12.0. The lowest BCUT2D eigenvalue weighted by molar-refractivity contribution is 0.578.